The molecule has 0 spiro atoms. The maximum absolute atomic E-state index is 5.36. The van der Waals surface area contributed by atoms with E-state index in [2.05, 4.69) is 58.0 Å². The minimum atomic E-state index is -0.0419. The lowest BCUT2D eigenvalue weighted by molar-refractivity contribution is 0.297. The van der Waals surface area contributed by atoms with E-state index in [0.717, 1.165) is 11.3 Å². The highest BCUT2D eigenvalue weighted by Gasteiger charge is 2.20. The standard InChI is InChI=1S/C20H21N5O/c1-14(24-20(2,3)4)19-23-18(25-26-19)17-11-9-15(13-22-17)8-10-16-7-5-6-12-21-16/h5-7,9,11-14,24H,1-4H3. The summed E-state index contributed by atoms with van der Waals surface area (Å²) in [5.41, 5.74) is 2.12. The van der Waals surface area contributed by atoms with Crippen LogP contribution in [0.3, 0.4) is 0 Å². The van der Waals surface area contributed by atoms with Gasteiger partial charge in [0, 0.05) is 23.5 Å². The topological polar surface area (TPSA) is 76.7 Å². The van der Waals surface area contributed by atoms with Gasteiger partial charge in [-0.25, -0.2) is 4.98 Å². The number of hydrogen-bond acceptors (Lipinski definition) is 6. The van der Waals surface area contributed by atoms with Gasteiger partial charge in [0.15, 0.2) is 0 Å². The molecule has 0 aromatic carbocycles. The van der Waals surface area contributed by atoms with Gasteiger partial charge in [-0.1, -0.05) is 17.1 Å². The fraction of sp³-hybridized carbons (Fsp3) is 0.300. The molecule has 1 atom stereocenters. The van der Waals surface area contributed by atoms with Crippen molar-refractivity contribution >= 4 is 0 Å². The van der Waals surface area contributed by atoms with Gasteiger partial charge in [0.25, 0.3) is 0 Å². The molecule has 0 saturated carbocycles. The van der Waals surface area contributed by atoms with Crippen LogP contribution in [0.5, 0.6) is 0 Å². The van der Waals surface area contributed by atoms with E-state index in [1.165, 1.54) is 0 Å². The number of pyridine rings is 2. The molecular formula is C20H21N5O. The maximum atomic E-state index is 5.36. The lowest BCUT2D eigenvalue weighted by Crippen LogP contribution is -2.37. The molecule has 6 nitrogen and oxygen atoms in total. The summed E-state index contributed by atoms with van der Waals surface area (Å²) < 4.78 is 5.36. The molecule has 0 amide bonds. The van der Waals surface area contributed by atoms with E-state index in [0.29, 0.717) is 17.4 Å². The van der Waals surface area contributed by atoms with Gasteiger partial charge in [-0.3, -0.25) is 4.98 Å². The molecule has 0 bridgehead atoms. The molecular weight excluding hydrogens is 326 g/mol. The molecule has 3 heterocycles. The fourth-order valence-electron chi connectivity index (χ4n) is 2.40. The predicted octanol–water partition coefficient (Wildman–Crippen LogP) is 3.38. The largest absolute Gasteiger partial charge is 0.337 e. The first-order valence-electron chi connectivity index (χ1n) is 8.41. The summed E-state index contributed by atoms with van der Waals surface area (Å²) in [5.74, 6) is 7.04. The van der Waals surface area contributed by atoms with E-state index in [-0.39, 0.29) is 11.6 Å². The SMILES string of the molecule is CC(NC(C)(C)C)c1nc(-c2ccc(C#Cc3ccccn3)cn2)no1. The zero-order valence-electron chi connectivity index (χ0n) is 15.3. The molecule has 3 aromatic heterocycles. The number of hydrogen-bond donors (Lipinski definition) is 1. The number of nitrogens with one attached hydrogen (secondary N) is 1. The number of aromatic nitrogens is 4. The highest BCUT2D eigenvalue weighted by molar-refractivity contribution is 5.50. The van der Waals surface area contributed by atoms with Crippen molar-refractivity contribution in [3.8, 4) is 23.4 Å². The minimum absolute atomic E-state index is 0.0414. The summed E-state index contributed by atoms with van der Waals surface area (Å²) in [6, 6.07) is 9.30. The zero-order valence-corrected chi connectivity index (χ0v) is 15.3. The van der Waals surface area contributed by atoms with Crippen molar-refractivity contribution < 1.29 is 4.52 Å². The summed E-state index contributed by atoms with van der Waals surface area (Å²) in [4.78, 5) is 13.0. The van der Waals surface area contributed by atoms with Crippen molar-refractivity contribution in [2.75, 3.05) is 0 Å². The molecule has 0 fully saturated rings. The third-order valence-electron chi connectivity index (χ3n) is 3.45. The van der Waals surface area contributed by atoms with Gasteiger partial charge in [-0.05, 0) is 57.9 Å². The summed E-state index contributed by atoms with van der Waals surface area (Å²) in [6.45, 7) is 8.26. The molecule has 1 unspecified atom stereocenters. The Morgan fingerprint density at radius 1 is 1.08 bits per heavy atom. The van der Waals surface area contributed by atoms with Crippen molar-refractivity contribution in [3.63, 3.8) is 0 Å². The van der Waals surface area contributed by atoms with Crippen molar-refractivity contribution in [2.24, 2.45) is 0 Å². The Hall–Kier alpha value is -3.04. The minimum Gasteiger partial charge on any atom is -0.337 e. The van der Waals surface area contributed by atoms with Gasteiger partial charge in [0.05, 0.1) is 6.04 Å². The lowest BCUT2D eigenvalue weighted by atomic mass is 10.1. The average Bonchev–Trinajstić information content (AvgIpc) is 3.10. The molecule has 1 N–H and O–H groups in total. The van der Waals surface area contributed by atoms with Gasteiger partial charge in [0.2, 0.25) is 11.7 Å². The van der Waals surface area contributed by atoms with Crippen LogP contribution in [0.1, 0.15) is 50.9 Å². The van der Waals surface area contributed by atoms with Gasteiger partial charge >= 0.3 is 0 Å². The highest BCUT2D eigenvalue weighted by atomic mass is 16.5. The van der Waals surface area contributed by atoms with E-state index < -0.39 is 0 Å². The first kappa shape index (κ1) is 17.8. The van der Waals surface area contributed by atoms with Crippen molar-refractivity contribution in [3.05, 3.63) is 59.9 Å². The van der Waals surface area contributed by atoms with E-state index in [9.17, 15) is 0 Å². The Bertz CT molecular complexity index is 915. The third kappa shape index (κ3) is 4.74. The Morgan fingerprint density at radius 2 is 1.92 bits per heavy atom. The molecule has 0 radical (unpaired) electrons. The van der Waals surface area contributed by atoms with E-state index >= 15 is 0 Å². The van der Waals surface area contributed by atoms with Crippen molar-refractivity contribution in [2.45, 2.75) is 39.3 Å². The molecule has 0 aliphatic rings. The van der Waals surface area contributed by atoms with Crippen LogP contribution >= 0.6 is 0 Å². The third-order valence-corrected chi connectivity index (χ3v) is 3.45. The van der Waals surface area contributed by atoms with Gasteiger partial charge in [0.1, 0.15) is 11.4 Å². The fourth-order valence-corrected chi connectivity index (χ4v) is 2.40. The Kier molecular flexibility index (Phi) is 5.10. The number of rotatable bonds is 3. The van der Waals surface area contributed by atoms with Crippen molar-refractivity contribution in [1.29, 1.82) is 0 Å². The summed E-state index contributed by atoms with van der Waals surface area (Å²) in [6.07, 6.45) is 3.41. The summed E-state index contributed by atoms with van der Waals surface area (Å²) in [5, 5.41) is 7.43. The smallest absolute Gasteiger partial charge is 0.243 e. The second-order valence-electron chi connectivity index (χ2n) is 6.97. The Labute approximate surface area is 153 Å². The maximum Gasteiger partial charge on any atom is 0.243 e. The van der Waals surface area contributed by atoms with E-state index in [4.69, 9.17) is 4.52 Å². The molecule has 26 heavy (non-hydrogen) atoms. The zero-order chi connectivity index (χ0) is 18.6. The van der Waals surface area contributed by atoms with Crippen LogP contribution in [0.25, 0.3) is 11.5 Å². The molecule has 3 rings (SSSR count). The van der Waals surface area contributed by atoms with Crippen LogP contribution < -0.4 is 5.32 Å². The second kappa shape index (κ2) is 7.46. The molecule has 3 aromatic rings. The van der Waals surface area contributed by atoms with Crippen LogP contribution in [0.15, 0.2) is 47.2 Å². The molecule has 6 heteroatoms. The molecule has 0 aliphatic carbocycles. The second-order valence-corrected chi connectivity index (χ2v) is 6.97. The van der Waals surface area contributed by atoms with Crippen LogP contribution in [0, 0.1) is 11.8 Å². The average molecular weight is 347 g/mol. The summed E-state index contributed by atoms with van der Waals surface area (Å²) >= 11 is 0. The Balaban J connectivity index is 1.72. The first-order valence-corrected chi connectivity index (χ1v) is 8.41. The lowest BCUT2D eigenvalue weighted by Gasteiger charge is -2.23. The van der Waals surface area contributed by atoms with E-state index in [1.807, 2.05) is 37.3 Å². The van der Waals surface area contributed by atoms with Gasteiger partial charge in [-0.15, -0.1) is 0 Å². The van der Waals surface area contributed by atoms with Crippen LogP contribution in [-0.2, 0) is 0 Å². The van der Waals surface area contributed by atoms with Crippen LogP contribution in [-0.4, -0.2) is 25.6 Å². The van der Waals surface area contributed by atoms with Crippen LogP contribution in [0.4, 0.5) is 0 Å². The highest BCUT2D eigenvalue weighted by Crippen LogP contribution is 2.19. The first-order chi connectivity index (χ1) is 12.4. The quantitative estimate of drug-likeness (QED) is 0.732. The molecule has 0 saturated heterocycles. The number of nitrogens with zero attached hydrogens (tertiary/aromatic N) is 4. The van der Waals surface area contributed by atoms with E-state index in [1.54, 1.807) is 12.4 Å². The molecule has 0 aliphatic heterocycles. The Morgan fingerprint density at radius 3 is 2.58 bits per heavy atom. The summed E-state index contributed by atoms with van der Waals surface area (Å²) in [7, 11) is 0. The van der Waals surface area contributed by atoms with Crippen molar-refractivity contribution in [1.82, 2.24) is 25.4 Å². The normalized spacial score (nSPS) is 12.3. The predicted molar refractivity (Wildman–Crippen MR) is 99.0 cm³/mol. The van der Waals surface area contributed by atoms with Crippen LogP contribution in [0.2, 0.25) is 0 Å². The molecule has 132 valence electrons. The van der Waals surface area contributed by atoms with Gasteiger partial charge < -0.3 is 9.84 Å². The monoisotopic (exact) mass is 347 g/mol. The van der Waals surface area contributed by atoms with Gasteiger partial charge in [-0.2, -0.15) is 4.98 Å².